The van der Waals surface area contributed by atoms with Gasteiger partial charge >= 0.3 is 17.9 Å². The third-order valence-corrected chi connectivity index (χ3v) is 13.0. The van der Waals surface area contributed by atoms with Crippen LogP contribution in [-0.4, -0.2) is 37.2 Å². The van der Waals surface area contributed by atoms with Crippen LogP contribution in [0.4, 0.5) is 0 Å². The molecule has 0 spiro atoms. The van der Waals surface area contributed by atoms with E-state index < -0.39 is 6.10 Å². The van der Waals surface area contributed by atoms with Crippen LogP contribution in [0, 0.1) is 0 Å². The lowest BCUT2D eigenvalue weighted by Gasteiger charge is -2.18. The smallest absolute Gasteiger partial charge is 0.306 e. The van der Waals surface area contributed by atoms with Gasteiger partial charge in [0.25, 0.3) is 0 Å². The molecule has 6 heteroatoms. The first-order chi connectivity index (χ1) is 34.0. The van der Waals surface area contributed by atoms with Gasteiger partial charge in [-0.1, -0.05) is 261 Å². The molecule has 0 bridgehead atoms. The van der Waals surface area contributed by atoms with E-state index in [0.717, 1.165) is 103 Å². The molecule has 0 aliphatic heterocycles. The summed E-state index contributed by atoms with van der Waals surface area (Å²) in [5.74, 6) is -0.890. The van der Waals surface area contributed by atoms with E-state index in [0.29, 0.717) is 19.3 Å². The maximum absolute atomic E-state index is 12.9. The first kappa shape index (κ1) is 66.1. The van der Waals surface area contributed by atoms with E-state index in [4.69, 9.17) is 14.2 Å². The van der Waals surface area contributed by atoms with Gasteiger partial charge < -0.3 is 14.2 Å². The molecule has 0 N–H and O–H groups in total. The Morgan fingerprint density at radius 1 is 0.304 bits per heavy atom. The Morgan fingerprint density at radius 3 is 0.928 bits per heavy atom. The predicted molar refractivity (Wildman–Crippen MR) is 298 cm³/mol. The van der Waals surface area contributed by atoms with Crippen molar-refractivity contribution >= 4 is 17.9 Å². The highest BCUT2D eigenvalue weighted by molar-refractivity contribution is 5.71. The van der Waals surface area contributed by atoms with Gasteiger partial charge in [0.1, 0.15) is 13.2 Å². The van der Waals surface area contributed by atoms with Crippen molar-refractivity contribution in [2.75, 3.05) is 13.2 Å². The second-order valence-corrected chi connectivity index (χ2v) is 19.9. The number of ether oxygens (including phenoxy) is 3. The Kier molecular flexibility index (Phi) is 55.3. The summed E-state index contributed by atoms with van der Waals surface area (Å²) in [6.45, 7) is 6.52. The van der Waals surface area contributed by atoms with Gasteiger partial charge in [0.15, 0.2) is 6.10 Å². The Balaban J connectivity index is 4.33. The van der Waals surface area contributed by atoms with Gasteiger partial charge in [-0.05, 0) is 83.5 Å². The summed E-state index contributed by atoms with van der Waals surface area (Å²) in [7, 11) is 0. The molecule has 0 aliphatic carbocycles. The average Bonchev–Trinajstić information content (AvgIpc) is 3.35. The molecule has 69 heavy (non-hydrogen) atoms. The molecule has 0 aromatic heterocycles. The fourth-order valence-corrected chi connectivity index (χ4v) is 8.55. The lowest BCUT2D eigenvalue weighted by molar-refractivity contribution is -0.167. The van der Waals surface area contributed by atoms with Gasteiger partial charge in [0.05, 0.1) is 0 Å². The average molecular weight is 966 g/mol. The Labute approximate surface area is 428 Å². The summed E-state index contributed by atoms with van der Waals surface area (Å²) in [5.41, 5.74) is 0. The van der Waals surface area contributed by atoms with Gasteiger partial charge in [-0.3, -0.25) is 14.4 Å². The van der Waals surface area contributed by atoms with Crippen molar-refractivity contribution in [2.24, 2.45) is 0 Å². The van der Waals surface area contributed by atoms with Crippen LogP contribution >= 0.6 is 0 Å². The van der Waals surface area contributed by atoms with Crippen LogP contribution in [0.1, 0.15) is 303 Å². The minimum atomic E-state index is -0.784. The molecule has 6 nitrogen and oxygen atoms in total. The third kappa shape index (κ3) is 55.9. The van der Waals surface area contributed by atoms with Crippen molar-refractivity contribution in [3.63, 3.8) is 0 Å². The van der Waals surface area contributed by atoms with Crippen LogP contribution in [-0.2, 0) is 28.6 Å². The molecule has 0 rings (SSSR count). The summed E-state index contributed by atoms with van der Waals surface area (Å²) >= 11 is 0. The fraction of sp³-hybridized carbons (Fsp3) is 0.794. The van der Waals surface area contributed by atoms with Crippen LogP contribution in [0.2, 0.25) is 0 Å². The molecule has 0 aliphatic rings. The van der Waals surface area contributed by atoms with E-state index >= 15 is 0 Å². The largest absolute Gasteiger partial charge is 0.462 e. The first-order valence-corrected chi connectivity index (χ1v) is 29.8. The van der Waals surface area contributed by atoms with E-state index in [9.17, 15) is 14.4 Å². The topological polar surface area (TPSA) is 78.9 Å². The second kappa shape index (κ2) is 57.7. The van der Waals surface area contributed by atoms with Crippen LogP contribution in [0.3, 0.4) is 0 Å². The number of unbranched alkanes of at least 4 members (excludes halogenated alkanes) is 33. The molecule has 0 saturated heterocycles. The summed E-state index contributed by atoms with van der Waals surface area (Å²) in [4.78, 5) is 38.2. The molecular formula is C63H112O6. The number of allylic oxidation sites excluding steroid dienone is 10. The van der Waals surface area contributed by atoms with Gasteiger partial charge in [-0.15, -0.1) is 0 Å². The molecule has 0 fully saturated rings. The Bertz CT molecular complexity index is 1250. The molecular weight excluding hydrogens is 853 g/mol. The van der Waals surface area contributed by atoms with Gasteiger partial charge in [-0.25, -0.2) is 0 Å². The second-order valence-electron chi connectivity index (χ2n) is 19.9. The zero-order valence-electron chi connectivity index (χ0n) is 45.8. The zero-order chi connectivity index (χ0) is 50.0. The van der Waals surface area contributed by atoms with Crippen molar-refractivity contribution in [3.05, 3.63) is 60.8 Å². The van der Waals surface area contributed by atoms with Crippen LogP contribution < -0.4 is 0 Å². The van der Waals surface area contributed by atoms with Gasteiger partial charge in [0.2, 0.25) is 0 Å². The molecule has 1 atom stereocenters. The molecule has 0 aromatic carbocycles. The van der Waals surface area contributed by atoms with Crippen molar-refractivity contribution in [1.82, 2.24) is 0 Å². The minimum Gasteiger partial charge on any atom is -0.462 e. The third-order valence-electron chi connectivity index (χ3n) is 13.0. The van der Waals surface area contributed by atoms with E-state index in [-0.39, 0.29) is 31.1 Å². The fourth-order valence-electron chi connectivity index (χ4n) is 8.55. The van der Waals surface area contributed by atoms with E-state index in [1.54, 1.807) is 0 Å². The number of rotatable bonds is 54. The highest BCUT2D eigenvalue weighted by atomic mass is 16.6. The summed E-state index contributed by atoms with van der Waals surface area (Å²) in [6, 6.07) is 0. The van der Waals surface area contributed by atoms with Crippen LogP contribution in [0.5, 0.6) is 0 Å². The van der Waals surface area contributed by atoms with E-state index in [1.165, 1.54) is 161 Å². The highest BCUT2D eigenvalue weighted by Gasteiger charge is 2.19. The molecule has 0 saturated carbocycles. The van der Waals surface area contributed by atoms with Gasteiger partial charge in [-0.2, -0.15) is 0 Å². The number of hydrogen-bond acceptors (Lipinski definition) is 6. The van der Waals surface area contributed by atoms with Gasteiger partial charge in [0, 0.05) is 19.3 Å². The lowest BCUT2D eigenvalue weighted by Crippen LogP contribution is -2.30. The standard InChI is InChI=1S/C63H112O6/c1-4-7-10-13-16-19-22-25-27-29-31-33-34-36-38-41-44-47-50-53-56-62(65)68-59-60(58-67-61(64)55-52-49-46-43-40-24-21-18-15-12-9-6-3)69-63(66)57-54-51-48-45-42-39-37-35-32-30-28-26-23-20-17-14-11-8-5-2/h8,11,17-18,20-21,26,28,32,35,60H,4-7,9-10,12-16,19,22-25,27,29-31,33-34,36-59H2,1-3H3/b11-8-,20-17-,21-18-,28-26-,35-32-. The quantitative estimate of drug-likeness (QED) is 0.0262. The lowest BCUT2D eigenvalue weighted by atomic mass is 10.0. The summed E-state index contributed by atoms with van der Waals surface area (Å²) in [6.07, 6.45) is 72.2. The first-order valence-electron chi connectivity index (χ1n) is 29.8. The summed E-state index contributed by atoms with van der Waals surface area (Å²) < 4.78 is 16.9. The monoisotopic (exact) mass is 965 g/mol. The number of carbonyl (C=O) groups excluding carboxylic acids is 3. The SMILES string of the molecule is CC/C=C\C/C=C\C/C=C\C/C=C\CCCCCCCCC(=O)OC(COC(=O)CCCCCCC/C=C\CCCCC)COC(=O)CCCCCCCCCCCCCCCCCCCCCC. The van der Waals surface area contributed by atoms with E-state index in [1.807, 2.05) is 0 Å². The predicted octanol–water partition coefficient (Wildman–Crippen LogP) is 20.0. The molecule has 0 heterocycles. The number of carbonyl (C=O) groups is 3. The summed E-state index contributed by atoms with van der Waals surface area (Å²) in [5, 5.41) is 0. The Hall–Kier alpha value is -2.89. The van der Waals surface area contributed by atoms with Crippen molar-refractivity contribution in [1.29, 1.82) is 0 Å². The number of hydrogen-bond donors (Lipinski definition) is 0. The van der Waals surface area contributed by atoms with Crippen molar-refractivity contribution < 1.29 is 28.6 Å². The Morgan fingerprint density at radius 2 is 0.565 bits per heavy atom. The van der Waals surface area contributed by atoms with Crippen molar-refractivity contribution in [2.45, 2.75) is 309 Å². The van der Waals surface area contributed by atoms with E-state index in [2.05, 4.69) is 81.5 Å². The van der Waals surface area contributed by atoms with Crippen LogP contribution in [0.25, 0.3) is 0 Å². The van der Waals surface area contributed by atoms with Crippen molar-refractivity contribution in [3.8, 4) is 0 Å². The van der Waals surface area contributed by atoms with Crippen LogP contribution in [0.15, 0.2) is 60.8 Å². The minimum absolute atomic E-state index is 0.0800. The maximum atomic E-state index is 12.9. The molecule has 1 unspecified atom stereocenters. The molecule has 0 aromatic rings. The number of esters is 3. The highest BCUT2D eigenvalue weighted by Crippen LogP contribution is 2.17. The molecule has 0 amide bonds. The molecule has 0 radical (unpaired) electrons. The molecule has 400 valence electrons. The maximum Gasteiger partial charge on any atom is 0.306 e. The zero-order valence-corrected chi connectivity index (χ0v) is 45.8. The normalized spacial score (nSPS) is 12.4.